The molecule has 0 aliphatic carbocycles. The number of hydrogen-bond donors (Lipinski definition) is 0. The van der Waals surface area contributed by atoms with E-state index in [0.717, 1.165) is 10.6 Å². The zero-order valence-corrected chi connectivity index (χ0v) is 17.3. The highest BCUT2D eigenvalue weighted by Crippen LogP contribution is 2.27. The summed E-state index contributed by atoms with van der Waals surface area (Å²) in [4.78, 5) is 31.8. The van der Waals surface area contributed by atoms with Crippen LogP contribution in [0.3, 0.4) is 0 Å². The number of carbonyl (C=O) groups excluding carboxylic acids is 1. The molecule has 0 saturated carbocycles. The molecule has 0 radical (unpaired) electrons. The lowest BCUT2D eigenvalue weighted by Crippen LogP contribution is -2.20. The van der Waals surface area contributed by atoms with Gasteiger partial charge in [-0.05, 0) is 36.1 Å². The highest BCUT2D eigenvalue weighted by atomic mass is 32.1. The van der Waals surface area contributed by atoms with E-state index in [9.17, 15) is 9.59 Å². The molecule has 0 fully saturated rings. The van der Waals surface area contributed by atoms with E-state index in [1.165, 1.54) is 17.7 Å². The predicted octanol–water partition coefficient (Wildman–Crippen LogP) is 4.11. The number of rotatable bonds is 7. The van der Waals surface area contributed by atoms with E-state index < -0.39 is 5.97 Å². The smallest absolute Gasteiger partial charge is 0.348 e. The maximum absolute atomic E-state index is 12.9. The van der Waals surface area contributed by atoms with Gasteiger partial charge in [0.15, 0.2) is 0 Å². The molecule has 148 valence electrons. The summed E-state index contributed by atoms with van der Waals surface area (Å²) in [5, 5.41) is 2.44. The van der Waals surface area contributed by atoms with Gasteiger partial charge in [0.05, 0.1) is 18.3 Å². The number of para-hydroxylation sites is 1. The number of aryl methyl sites for hydroxylation is 1. The first-order valence-electron chi connectivity index (χ1n) is 8.99. The number of nitrogens with zero attached hydrogens (tertiary/aromatic N) is 2. The van der Waals surface area contributed by atoms with E-state index in [2.05, 4.69) is 4.98 Å². The molecule has 0 saturated heterocycles. The van der Waals surface area contributed by atoms with Crippen LogP contribution in [0.25, 0.3) is 10.2 Å². The fraction of sp³-hybridized carbons (Fsp3) is 0.190. The molecule has 0 N–H and O–H groups in total. The summed E-state index contributed by atoms with van der Waals surface area (Å²) in [6.45, 7) is 2.60. The molecule has 0 bridgehead atoms. The summed E-state index contributed by atoms with van der Waals surface area (Å²) < 4.78 is 12.4. The lowest BCUT2D eigenvalue weighted by Gasteiger charge is -2.07. The molecule has 3 aromatic heterocycles. The van der Waals surface area contributed by atoms with Crippen LogP contribution in [0.2, 0.25) is 0 Å². The van der Waals surface area contributed by atoms with Crippen molar-refractivity contribution in [3.63, 3.8) is 0 Å². The molecule has 0 amide bonds. The average Bonchev–Trinajstić information content (AvgIpc) is 3.36. The van der Waals surface area contributed by atoms with Crippen molar-refractivity contribution in [3.05, 3.63) is 79.8 Å². The molecule has 8 heteroatoms. The van der Waals surface area contributed by atoms with E-state index in [-0.39, 0.29) is 18.8 Å². The minimum Gasteiger partial charge on any atom is -0.490 e. The van der Waals surface area contributed by atoms with Crippen molar-refractivity contribution >= 4 is 38.9 Å². The zero-order chi connectivity index (χ0) is 20.2. The SMILES string of the molecule is Cc1c(C(=O)OCCOc2ccccc2)sc2ncn(Cc3cccs3)c(=O)c12. The van der Waals surface area contributed by atoms with Crippen molar-refractivity contribution < 1.29 is 14.3 Å². The van der Waals surface area contributed by atoms with Gasteiger partial charge < -0.3 is 9.47 Å². The molecule has 1 aromatic carbocycles. The van der Waals surface area contributed by atoms with Crippen LogP contribution in [0.1, 0.15) is 20.1 Å². The fourth-order valence-electron chi connectivity index (χ4n) is 2.91. The number of fused-ring (bicyclic) bond motifs is 1. The van der Waals surface area contributed by atoms with E-state index in [0.29, 0.717) is 27.2 Å². The van der Waals surface area contributed by atoms with E-state index in [4.69, 9.17) is 9.47 Å². The molecule has 3 heterocycles. The molecule has 0 aliphatic heterocycles. The standard InChI is InChI=1S/C21H18N2O4S2/c1-14-17-19(22-13-23(20(17)24)12-16-8-5-11-28-16)29-18(14)21(25)27-10-9-26-15-6-3-2-4-7-15/h2-8,11,13H,9-10,12H2,1H3. The first-order valence-corrected chi connectivity index (χ1v) is 10.7. The number of thiophene rings is 2. The Morgan fingerprint density at radius 2 is 1.97 bits per heavy atom. The Hall–Kier alpha value is -2.97. The van der Waals surface area contributed by atoms with Crippen LogP contribution in [0, 0.1) is 6.92 Å². The molecule has 4 aromatic rings. The second kappa shape index (κ2) is 8.59. The summed E-state index contributed by atoms with van der Waals surface area (Å²) in [6.07, 6.45) is 1.53. The van der Waals surface area contributed by atoms with Crippen LogP contribution < -0.4 is 10.3 Å². The van der Waals surface area contributed by atoms with Gasteiger partial charge in [-0.3, -0.25) is 9.36 Å². The molecule has 0 atom stereocenters. The van der Waals surface area contributed by atoms with Crippen LogP contribution >= 0.6 is 22.7 Å². The maximum Gasteiger partial charge on any atom is 0.348 e. The first-order chi connectivity index (χ1) is 14.1. The highest BCUT2D eigenvalue weighted by Gasteiger charge is 2.20. The van der Waals surface area contributed by atoms with Gasteiger partial charge in [0.1, 0.15) is 28.7 Å². The number of aromatic nitrogens is 2. The maximum atomic E-state index is 12.9. The van der Waals surface area contributed by atoms with Crippen LogP contribution in [-0.2, 0) is 11.3 Å². The van der Waals surface area contributed by atoms with Gasteiger partial charge in [-0.25, -0.2) is 9.78 Å². The van der Waals surface area contributed by atoms with E-state index in [1.54, 1.807) is 22.8 Å². The Kier molecular flexibility index (Phi) is 5.73. The summed E-state index contributed by atoms with van der Waals surface area (Å²) in [7, 11) is 0. The third-order valence-corrected chi connectivity index (χ3v) is 6.38. The molecular formula is C21H18N2O4S2. The van der Waals surface area contributed by atoms with Gasteiger partial charge in [0.2, 0.25) is 0 Å². The van der Waals surface area contributed by atoms with Gasteiger partial charge in [0, 0.05) is 4.88 Å². The van der Waals surface area contributed by atoms with Crippen molar-refractivity contribution in [1.82, 2.24) is 9.55 Å². The summed E-state index contributed by atoms with van der Waals surface area (Å²) in [5.74, 6) is 0.253. The predicted molar refractivity (Wildman–Crippen MR) is 114 cm³/mol. The first kappa shape index (κ1) is 19.4. The van der Waals surface area contributed by atoms with Gasteiger partial charge in [-0.1, -0.05) is 24.3 Å². The second-order valence-corrected chi connectivity index (χ2v) is 8.32. The molecule has 0 unspecified atom stereocenters. The third kappa shape index (κ3) is 4.23. The van der Waals surface area contributed by atoms with Crippen LogP contribution in [0.4, 0.5) is 0 Å². The molecule has 29 heavy (non-hydrogen) atoms. The normalized spacial score (nSPS) is 10.9. The number of esters is 1. The minimum absolute atomic E-state index is 0.122. The van der Waals surface area contributed by atoms with Crippen molar-refractivity contribution in [2.45, 2.75) is 13.5 Å². The molecule has 0 aliphatic rings. The molecule has 6 nitrogen and oxygen atoms in total. The zero-order valence-electron chi connectivity index (χ0n) is 15.7. The summed E-state index contributed by atoms with van der Waals surface area (Å²) in [5.41, 5.74) is 0.459. The number of ether oxygens (including phenoxy) is 2. The Balaban J connectivity index is 1.47. The van der Waals surface area contributed by atoms with Crippen molar-refractivity contribution in [2.75, 3.05) is 13.2 Å². The lowest BCUT2D eigenvalue weighted by molar-refractivity contribution is 0.0455. The van der Waals surface area contributed by atoms with Gasteiger partial charge >= 0.3 is 5.97 Å². The summed E-state index contributed by atoms with van der Waals surface area (Å²) >= 11 is 2.76. The molecular weight excluding hydrogens is 408 g/mol. The van der Waals surface area contributed by atoms with Crippen molar-refractivity contribution in [3.8, 4) is 5.75 Å². The topological polar surface area (TPSA) is 70.4 Å². The Morgan fingerprint density at radius 3 is 2.72 bits per heavy atom. The lowest BCUT2D eigenvalue weighted by atomic mass is 10.2. The third-order valence-electron chi connectivity index (χ3n) is 4.34. The van der Waals surface area contributed by atoms with Crippen molar-refractivity contribution in [1.29, 1.82) is 0 Å². The Bertz CT molecular complexity index is 1180. The van der Waals surface area contributed by atoms with Crippen LogP contribution in [0.15, 0.2) is 59.0 Å². The summed E-state index contributed by atoms with van der Waals surface area (Å²) in [6, 6.07) is 13.3. The highest BCUT2D eigenvalue weighted by molar-refractivity contribution is 7.20. The number of hydrogen-bond acceptors (Lipinski definition) is 7. The Labute approximate surface area is 175 Å². The Morgan fingerprint density at radius 1 is 1.14 bits per heavy atom. The number of benzene rings is 1. The van der Waals surface area contributed by atoms with Gasteiger partial charge in [-0.15, -0.1) is 22.7 Å². The van der Waals surface area contributed by atoms with Crippen molar-refractivity contribution in [2.24, 2.45) is 0 Å². The van der Waals surface area contributed by atoms with Gasteiger partial charge in [-0.2, -0.15) is 0 Å². The van der Waals surface area contributed by atoms with E-state index >= 15 is 0 Å². The second-order valence-electron chi connectivity index (χ2n) is 6.29. The van der Waals surface area contributed by atoms with Crippen LogP contribution in [-0.4, -0.2) is 28.7 Å². The van der Waals surface area contributed by atoms with Gasteiger partial charge in [0.25, 0.3) is 5.56 Å². The average molecular weight is 427 g/mol. The number of carbonyl (C=O) groups is 1. The molecule has 4 rings (SSSR count). The quantitative estimate of drug-likeness (QED) is 0.329. The fourth-order valence-corrected chi connectivity index (χ4v) is 4.65. The largest absolute Gasteiger partial charge is 0.490 e. The van der Waals surface area contributed by atoms with Crippen LogP contribution in [0.5, 0.6) is 5.75 Å². The van der Waals surface area contributed by atoms with E-state index in [1.807, 2.05) is 47.8 Å². The monoisotopic (exact) mass is 426 g/mol. The minimum atomic E-state index is -0.466. The molecule has 0 spiro atoms.